The van der Waals surface area contributed by atoms with Crippen molar-refractivity contribution in [1.29, 1.82) is 0 Å². The Hall–Kier alpha value is -2.96. The first-order valence-electron chi connectivity index (χ1n) is 10.3. The summed E-state index contributed by atoms with van der Waals surface area (Å²) in [6.07, 6.45) is 0.420. The topological polar surface area (TPSA) is 63.7 Å². The lowest BCUT2D eigenvalue weighted by Crippen LogP contribution is -2.55. The summed E-state index contributed by atoms with van der Waals surface area (Å²) >= 11 is 0. The lowest BCUT2D eigenvalue weighted by molar-refractivity contribution is -0.138. The first-order valence-corrected chi connectivity index (χ1v) is 11.8. The van der Waals surface area contributed by atoms with Gasteiger partial charge in [-0.05, 0) is 36.6 Å². The van der Waals surface area contributed by atoms with Gasteiger partial charge in [0.2, 0.25) is 5.91 Å². The van der Waals surface area contributed by atoms with Crippen LogP contribution in [0.5, 0.6) is 0 Å². The molecule has 31 heavy (non-hydrogen) atoms. The van der Waals surface area contributed by atoms with E-state index in [0.717, 1.165) is 21.0 Å². The van der Waals surface area contributed by atoms with E-state index in [1.54, 1.807) is 24.3 Å². The van der Waals surface area contributed by atoms with Crippen LogP contribution in [0.1, 0.15) is 35.6 Å². The molecule has 1 heterocycles. The van der Waals surface area contributed by atoms with Crippen molar-refractivity contribution in [1.82, 2.24) is 4.31 Å². The third-order valence-electron chi connectivity index (χ3n) is 5.51. The molecule has 6 heteroatoms. The van der Waals surface area contributed by atoms with Crippen molar-refractivity contribution in [2.45, 2.75) is 36.8 Å². The molecule has 1 fully saturated rings. The van der Waals surface area contributed by atoms with E-state index >= 15 is 0 Å². The van der Waals surface area contributed by atoms with E-state index < -0.39 is 10.0 Å². The monoisotopic (exact) mass is 435 g/mol. The SMILES string of the molecule is Cc1ccc(S(=O)(=O)N2C(=O)CC2CCOC(c2ccccc2)c2ccccc2)cc1. The lowest BCUT2D eigenvalue weighted by atomic mass is 10.0. The number of sulfonamides is 1. The highest BCUT2D eigenvalue weighted by Gasteiger charge is 2.44. The van der Waals surface area contributed by atoms with Gasteiger partial charge in [-0.2, -0.15) is 0 Å². The molecule has 5 nitrogen and oxygen atoms in total. The Morgan fingerprint density at radius 3 is 1.97 bits per heavy atom. The molecule has 0 saturated carbocycles. The highest BCUT2D eigenvalue weighted by atomic mass is 32.2. The highest BCUT2D eigenvalue weighted by molar-refractivity contribution is 7.89. The van der Waals surface area contributed by atoms with Gasteiger partial charge >= 0.3 is 0 Å². The zero-order valence-corrected chi connectivity index (χ0v) is 18.2. The fraction of sp³-hybridized carbons (Fsp3) is 0.240. The van der Waals surface area contributed by atoms with Crippen LogP contribution in [0.4, 0.5) is 0 Å². The Kier molecular flexibility index (Phi) is 6.20. The molecule has 160 valence electrons. The highest BCUT2D eigenvalue weighted by Crippen LogP contribution is 2.32. The Morgan fingerprint density at radius 1 is 0.903 bits per heavy atom. The number of hydrogen-bond donors (Lipinski definition) is 0. The molecule has 1 amide bonds. The average Bonchev–Trinajstić information content (AvgIpc) is 2.77. The second-order valence-electron chi connectivity index (χ2n) is 7.73. The Labute approximate surface area is 183 Å². The van der Waals surface area contributed by atoms with E-state index in [1.165, 1.54) is 0 Å². The van der Waals surface area contributed by atoms with Crippen molar-refractivity contribution in [3.05, 3.63) is 102 Å². The standard InChI is InChI=1S/C25H25NO4S/c1-19-12-14-23(15-13-19)31(28,29)26-22(18-24(26)27)16-17-30-25(20-8-4-2-5-9-20)21-10-6-3-7-11-21/h2-15,22,25H,16-18H2,1H3. The summed E-state index contributed by atoms with van der Waals surface area (Å²) in [7, 11) is -3.84. The fourth-order valence-corrected chi connectivity index (χ4v) is 5.42. The third kappa shape index (κ3) is 4.55. The van der Waals surface area contributed by atoms with Crippen LogP contribution < -0.4 is 0 Å². The van der Waals surface area contributed by atoms with Crippen molar-refractivity contribution in [3.63, 3.8) is 0 Å². The maximum atomic E-state index is 13.0. The molecule has 0 aliphatic carbocycles. The molecule has 1 aliphatic heterocycles. The van der Waals surface area contributed by atoms with Crippen molar-refractivity contribution < 1.29 is 17.9 Å². The average molecular weight is 436 g/mol. The van der Waals surface area contributed by atoms with E-state index in [2.05, 4.69) is 0 Å². The summed E-state index contributed by atoms with van der Waals surface area (Å²) in [4.78, 5) is 12.3. The van der Waals surface area contributed by atoms with Crippen LogP contribution >= 0.6 is 0 Å². The molecule has 3 aromatic rings. The van der Waals surface area contributed by atoms with Gasteiger partial charge in [0.1, 0.15) is 6.10 Å². The number of hydrogen-bond acceptors (Lipinski definition) is 4. The quantitative estimate of drug-likeness (QED) is 0.490. The number of nitrogens with zero attached hydrogens (tertiary/aromatic N) is 1. The van der Waals surface area contributed by atoms with Crippen molar-refractivity contribution in [2.75, 3.05) is 6.61 Å². The molecular weight excluding hydrogens is 410 g/mol. The molecule has 1 saturated heterocycles. The zero-order valence-electron chi connectivity index (χ0n) is 17.3. The predicted octanol–water partition coefficient (Wildman–Crippen LogP) is 4.48. The molecule has 0 spiro atoms. The largest absolute Gasteiger partial charge is 0.369 e. The number of carbonyl (C=O) groups excluding carboxylic acids is 1. The van der Waals surface area contributed by atoms with E-state index in [9.17, 15) is 13.2 Å². The van der Waals surface area contributed by atoms with Gasteiger partial charge in [-0.1, -0.05) is 78.4 Å². The number of rotatable bonds is 8. The smallest absolute Gasteiger partial charge is 0.266 e. The molecule has 3 aromatic carbocycles. The van der Waals surface area contributed by atoms with Crippen molar-refractivity contribution in [3.8, 4) is 0 Å². The molecule has 1 atom stereocenters. The molecule has 0 N–H and O–H groups in total. The summed E-state index contributed by atoms with van der Waals surface area (Å²) in [5.74, 6) is -0.367. The summed E-state index contributed by atoms with van der Waals surface area (Å²) in [6.45, 7) is 2.23. The van der Waals surface area contributed by atoms with Crippen LogP contribution in [0.3, 0.4) is 0 Å². The minimum Gasteiger partial charge on any atom is -0.369 e. The summed E-state index contributed by atoms with van der Waals surface area (Å²) < 4.78 is 33.1. The van der Waals surface area contributed by atoms with Crippen LogP contribution in [-0.2, 0) is 19.6 Å². The van der Waals surface area contributed by atoms with Gasteiger partial charge in [0.25, 0.3) is 10.0 Å². The van der Waals surface area contributed by atoms with Gasteiger partial charge in [-0.25, -0.2) is 12.7 Å². The van der Waals surface area contributed by atoms with Gasteiger partial charge in [0.15, 0.2) is 0 Å². The van der Waals surface area contributed by atoms with Crippen molar-refractivity contribution in [2.24, 2.45) is 0 Å². The van der Waals surface area contributed by atoms with E-state index in [-0.39, 0.29) is 29.4 Å². The molecule has 0 bridgehead atoms. The molecule has 1 aliphatic rings. The first-order chi connectivity index (χ1) is 15.0. The number of aryl methyl sites for hydroxylation is 1. The second-order valence-corrected chi connectivity index (χ2v) is 9.54. The zero-order chi connectivity index (χ0) is 21.8. The Bertz CT molecular complexity index is 1090. The Morgan fingerprint density at radius 2 is 1.45 bits per heavy atom. The number of β-lactam (4-membered cyclic amide) rings is 1. The number of carbonyl (C=O) groups is 1. The van der Waals surface area contributed by atoms with E-state index in [1.807, 2.05) is 67.6 Å². The normalized spacial score (nSPS) is 16.4. The molecule has 4 rings (SSSR count). The van der Waals surface area contributed by atoms with Crippen LogP contribution in [0, 0.1) is 6.92 Å². The fourth-order valence-electron chi connectivity index (χ4n) is 3.80. The number of amides is 1. The minimum atomic E-state index is -3.84. The van der Waals surface area contributed by atoms with Crippen LogP contribution in [0.2, 0.25) is 0 Å². The van der Waals surface area contributed by atoms with Crippen molar-refractivity contribution >= 4 is 15.9 Å². The number of ether oxygens (including phenoxy) is 1. The summed E-state index contributed by atoms with van der Waals surface area (Å²) in [5.41, 5.74) is 3.02. The van der Waals surface area contributed by atoms with Gasteiger partial charge < -0.3 is 4.74 Å². The maximum Gasteiger partial charge on any atom is 0.266 e. The van der Waals surface area contributed by atoms with Gasteiger partial charge in [-0.15, -0.1) is 0 Å². The lowest BCUT2D eigenvalue weighted by Gasteiger charge is -2.39. The Balaban J connectivity index is 1.45. The molecule has 0 aromatic heterocycles. The summed E-state index contributed by atoms with van der Waals surface area (Å²) in [5, 5.41) is 0. The van der Waals surface area contributed by atoms with Crippen LogP contribution in [0.15, 0.2) is 89.8 Å². The maximum absolute atomic E-state index is 13.0. The van der Waals surface area contributed by atoms with Gasteiger partial charge in [0, 0.05) is 13.0 Å². The van der Waals surface area contributed by atoms with E-state index in [0.29, 0.717) is 13.0 Å². The number of benzene rings is 3. The first kappa shape index (κ1) is 21.3. The second kappa shape index (κ2) is 9.04. The minimum absolute atomic E-state index is 0.142. The molecule has 1 unspecified atom stereocenters. The molecule has 0 radical (unpaired) electrons. The molecular formula is C25H25NO4S. The predicted molar refractivity (Wildman–Crippen MR) is 119 cm³/mol. The van der Waals surface area contributed by atoms with Crippen LogP contribution in [-0.4, -0.2) is 31.3 Å². The van der Waals surface area contributed by atoms with Crippen LogP contribution in [0.25, 0.3) is 0 Å². The summed E-state index contributed by atoms with van der Waals surface area (Å²) in [6, 6.07) is 26.0. The van der Waals surface area contributed by atoms with Gasteiger partial charge in [0.05, 0.1) is 10.9 Å². The third-order valence-corrected chi connectivity index (χ3v) is 7.39. The van der Waals surface area contributed by atoms with E-state index in [4.69, 9.17) is 4.74 Å². The van der Waals surface area contributed by atoms with Gasteiger partial charge in [-0.3, -0.25) is 4.79 Å².